The number of esters is 1. The van der Waals surface area contributed by atoms with Crippen LogP contribution in [-0.4, -0.2) is 73.8 Å². The van der Waals surface area contributed by atoms with Gasteiger partial charge >= 0.3 is 5.97 Å². The molecular weight excluding hydrogens is 418 g/mol. The third-order valence-electron chi connectivity index (χ3n) is 5.02. The summed E-state index contributed by atoms with van der Waals surface area (Å²) in [5, 5.41) is 3.03. The number of likely N-dealkylation sites (N-methyl/N-ethyl adjacent to an activating group) is 1. The van der Waals surface area contributed by atoms with E-state index in [2.05, 4.69) is 22.2 Å². The number of hydrogen-bond acceptors (Lipinski definition) is 8. The van der Waals surface area contributed by atoms with Gasteiger partial charge in [-0.15, -0.1) is 11.3 Å². The monoisotopic (exact) mass is 445 g/mol. The minimum atomic E-state index is -0.555. The standard InChI is InChI=1S/C22H27N3O5S/c1-4-29-22(28)19-15(2)20(17(26)14-25-11-9-24(3)10-12-25)31-21(19)23-18(27)8-7-16-6-5-13-30-16/h5-8,13H,4,9-12,14H2,1-3H3,(H,23,27)/b8-7+. The summed E-state index contributed by atoms with van der Waals surface area (Å²) in [6, 6.07) is 3.44. The molecule has 0 aliphatic carbocycles. The van der Waals surface area contributed by atoms with Crippen LogP contribution in [0.25, 0.3) is 6.08 Å². The first-order valence-electron chi connectivity index (χ1n) is 10.2. The number of thiophene rings is 1. The predicted octanol–water partition coefficient (Wildman–Crippen LogP) is 2.91. The number of nitrogens with zero attached hydrogens (tertiary/aromatic N) is 2. The Labute approximate surface area is 185 Å². The maximum Gasteiger partial charge on any atom is 0.341 e. The summed E-state index contributed by atoms with van der Waals surface area (Å²) in [7, 11) is 2.06. The lowest BCUT2D eigenvalue weighted by molar-refractivity contribution is -0.111. The van der Waals surface area contributed by atoms with Gasteiger partial charge in [-0.05, 0) is 44.7 Å². The zero-order chi connectivity index (χ0) is 22.4. The smallest absolute Gasteiger partial charge is 0.341 e. The van der Waals surface area contributed by atoms with Crippen LogP contribution in [0.5, 0.6) is 0 Å². The molecule has 0 radical (unpaired) electrons. The molecule has 1 amide bonds. The van der Waals surface area contributed by atoms with Crippen LogP contribution < -0.4 is 5.32 Å². The SMILES string of the molecule is CCOC(=O)c1c(NC(=O)/C=C/c2ccco2)sc(C(=O)CN2CCN(C)CC2)c1C. The fourth-order valence-corrected chi connectivity index (χ4v) is 4.42. The maximum atomic E-state index is 13.0. The molecule has 0 spiro atoms. The topological polar surface area (TPSA) is 92.1 Å². The molecule has 31 heavy (non-hydrogen) atoms. The number of amides is 1. The van der Waals surface area contributed by atoms with E-state index in [1.807, 2.05) is 0 Å². The molecule has 0 saturated carbocycles. The van der Waals surface area contributed by atoms with E-state index < -0.39 is 11.9 Å². The van der Waals surface area contributed by atoms with Crippen molar-refractivity contribution in [2.45, 2.75) is 13.8 Å². The Morgan fingerprint density at radius 1 is 1.26 bits per heavy atom. The highest BCUT2D eigenvalue weighted by Gasteiger charge is 2.27. The molecule has 1 saturated heterocycles. The normalized spacial score (nSPS) is 15.3. The van der Waals surface area contributed by atoms with Crippen LogP contribution in [-0.2, 0) is 9.53 Å². The first-order chi connectivity index (χ1) is 14.9. The van der Waals surface area contributed by atoms with Crippen molar-refractivity contribution in [2.75, 3.05) is 51.7 Å². The molecule has 0 aromatic carbocycles. The second kappa shape index (κ2) is 10.5. The number of carbonyl (C=O) groups is 3. The Kier molecular flexibility index (Phi) is 7.78. The predicted molar refractivity (Wildman–Crippen MR) is 120 cm³/mol. The van der Waals surface area contributed by atoms with Gasteiger partial charge in [0.05, 0.1) is 29.9 Å². The summed E-state index contributed by atoms with van der Waals surface area (Å²) < 4.78 is 10.3. The van der Waals surface area contributed by atoms with E-state index in [0.29, 0.717) is 21.2 Å². The molecule has 0 atom stereocenters. The summed E-state index contributed by atoms with van der Waals surface area (Å²) in [6.07, 6.45) is 4.35. The van der Waals surface area contributed by atoms with Crippen LogP contribution in [0, 0.1) is 6.92 Å². The van der Waals surface area contributed by atoms with Crippen molar-refractivity contribution in [3.8, 4) is 0 Å². The first kappa shape index (κ1) is 22.9. The number of ketones is 1. The highest BCUT2D eigenvalue weighted by molar-refractivity contribution is 7.18. The summed E-state index contributed by atoms with van der Waals surface area (Å²) in [5.41, 5.74) is 0.765. The molecule has 166 valence electrons. The summed E-state index contributed by atoms with van der Waals surface area (Å²) in [6.45, 7) is 7.37. The van der Waals surface area contributed by atoms with E-state index in [4.69, 9.17) is 9.15 Å². The number of hydrogen-bond donors (Lipinski definition) is 1. The number of piperazine rings is 1. The lowest BCUT2D eigenvalue weighted by Crippen LogP contribution is -2.46. The van der Waals surface area contributed by atoms with Crippen molar-refractivity contribution >= 4 is 40.1 Å². The molecule has 1 N–H and O–H groups in total. The lowest BCUT2D eigenvalue weighted by Gasteiger charge is -2.31. The summed E-state index contributed by atoms with van der Waals surface area (Å²) in [4.78, 5) is 42.7. The largest absolute Gasteiger partial charge is 0.465 e. The zero-order valence-corrected chi connectivity index (χ0v) is 18.8. The Morgan fingerprint density at radius 2 is 2.00 bits per heavy atom. The Balaban J connectivity index is 1.79. The molecule has 1 aliphatic rings. The molecule has 3 heterocycles. The van der Waals surface area contributed by atoms with Crippen molar-refractivity contribution in [2.24, 2.45) is 0 Å². The van der Waals surface area contributed by atoms with Gasteiger partial charge in [0.25, 0.3) is 0 Å². The molecule has 0 bridgehead atoms. The minimum Gasteiger partial charge on any atom is -0.465 e. The number of furan rings is 1. The molecule has 1 fully saturated rings. The van der Waals surface area contributed by atoms with Crippen molar-refractivity contribution < 1.29 is 23.5 Å². The van der Waals surface area contributed by atoms with Gasteiger partial charge in [0.2, 0.25) is 5.91 Å². The number of Topliss-reactive ketones (excluding diaryl/α,β-unsaturated/α-hetero) is 1. The van der Waals surface area contributed by atoms with Gasteiger partial charge in [0.1, 0.15) is 10.8 Å². The molecule has 2 aromatic rings. The molecular formula is C22H27N3O5S. The lowest BCUT2D eigenvalue weighted by atomic mass is 10.1. The molecule has 8 nitrogen and oxygen atoms in total. The third kappa shape index (κ3) is 5.90. The van der Waals surface area contributed by atoms with Gasteiger partial charge in [-0.1, -0.05) is 0 Å². The second-order valence-electron chi connectivity index (χ2n) is 7.32. The van der Waals surface area contributed by atoms with Crippen LogP contribution in [0.2, 0.25) is 0 Å². The fraction of sp³-hybridized carbons (Fsp3) is 0.409. The number of rotatable bonds is 8. The highest BCUT2D eigenvalue weighted by Crippen LogP contribution is 2.34. The van der Waals surface area contributed by atoms with Crippen LogP contribution in [0.15, 0.2) is 28.9 Å². The maximum absolute atomic E-state index is 13.0. The Bertz CT molecular complexity index is 956. The van der Waals surface area contributed by atoms with E-state index >= 15 is 0 Å². The number of carbonyl (C=O) groups excluding carboxylic acids is 3. The van der Waals surface area contributed by atoms with Crippen LogP contribution >= 0.6 is 11.3 Å². The van der Waals surface area contributed by atoms with E-state index in [-0.39, 0.29) is 24.5 Å². The highest BCUT2D eigenvalue weighted by atomic mass is 32.1. The summed E-state index contributed by atoms with van der Waals surface area (Å²) in [5.74, 6) is -0.517. The molecule has 1 aliphatic heterocycles. The van der Waals surface area contributed by atoms with Crippen LogP contribution in [0.3, 0.4) is 0 Å². The fourth-order valence-electron chi connectivity index (χ4n) is 3.29. The van der Waals surface area contributed by atoms with Crippen molar-refractivity contribution in [3.63, 3.8) is 0 Å². The van der Waals surface area contributed by atoms with Crippen LogP contribution in [0.4, 0.5) is 5.00 Å². The number of ether oxygens (including phenoxy) is 1. The molecule has 2 aromatic heterocycles. The van der Waals surface area contributed by atoms with Gasteiger partial charge in [-0.25, -0.2) is 4.79 Å². The van der Waals surface area contributed by atoms with Gasteiger partial charge < -0.3 is 19.4 Å². The first-order valence-corrected chi connectivity index (χ1v) is 11.0. The average Bonchev–Trinajstić information content (AvgIpc) is 3.36. The number of nitrogens with one attached hydrogen (secondary N) is 1. The van der Waals surface area contributed by atoms with Gasteiger partial charge in [-0.3, -0.25) is 14.5 Å². The molecule has 0 unspecified atom stereocenters. The van der Waals surface area contributed by atoms with E-state index in [1.165, 1.54) is 18.4 Å². The van der Waals surface area contributed by atoms with Crippen molar-refractivity contribution in [3.05, 3.63) is 46.2 Å². The van der Waals surface area contributed by atoms with Gasteiger partial charge in [0, 0.05) is 32.3 Å². The van der Waals surface area contributed by atoms with Gasteiger partial charge in [-0.2, -0.15) is 0 Å². The van der Waals surface area contributed by atoms with Crippen molar-refractivity contribution in [1.29, 1.82) is 0 Å². The third-order valence-corrected chi connectivity index (χ3v) is 6.27. The molecule has 3 rings (SSSR count). The zero-order valence-electron chi connectivity index (χ0n) is 18.0. The number of anilines is 1. The Hall–Kier alpha value is -2.75. The van der Waals surface area contributed by atoms with Crippen LogP contribution in [0.1, 0.15) is 38.3 Å². The van der Waals surface area contributed by atoms with E-state index in [1.54, 1.807) is 26.0 Å². The second-order valence-corrected chi connectivity index (χ2v) is 8.34. The summed E-state index contributed by atoms with van der Waals surface area (Å²) >= 11 is 1.11. The molecule has 9 heteroatoms. The van der Waals surface area contributed by atoms with E-state index in [9.17, 15) is 14.4 Å². The van der Waals surface area contributed by atoms with Crippen molar-refractivity contribution in [1.82, 2.24) is 9.80 Å². The minimum absolute atomic E-state index is 0.0655. The average molecular weight is 446 g/mol. The quantitative estimate of drug-likeness (QED) is 0.379. The Morgan fingerprint density at radius 3 is 2.65 bits per heavy atom. The van der Waals surface area contributed by atoms with Gasteiger partial charge in [0.15, 0.2) is 5.78 Å². The van der Waals surface area contributed by atoms with E-state index in [0.717, 1.165) is 37.5 Å².